The summed E-state index contributed by atoms with van der Waals surface area (Å²) in [6, 6.07) is 6.92. The molecule has 0 aromatic heterocycles. The molecular weight excluding hydrogens is 484 g/mol. The molecule has 2 amide bonds. The SMILES string of the molecule is CC(C)[C@H](NC(=O)OCc1ccccc1)C(=O)N[C@H](/C=C(\Cl)S(C)(=O)=O)CC(=O)OC(C)(C)C. The lowest BCUT2D eigenvalue weighted by Gasteiger charge is -2.25. The van der Waals surface area contributed by atoms with E-state index in [4.69, 9.17) is 21.1 Å². The van der Waals surface area contributed by atoms with E-state index >= 15 is 0 Å². The molecule has 34 heavy (non-hydrogen) atoms. The highest BCUT2D eigenvalue weighted by atomic mass is 35.5. The average molecular weight is 517 g/mol. The summed E-state index contributed by atoms with van der Waals surface area (Å²) in [7, 11) is -3.76. The number of halogens is 1. The lowest BCUT2D eigenvalue weighted by Crippen LogP contribution is -2.52. The third-order valence-corrected chi connectivity index (χ3v) is 6.07. The highest BCUT2D eigenvalue weighted by molar-refractivity contribution is 7.96. The minimum Gasteiger partial charge on any atom is -0.460 e. The fourth-order valence-corrected chi connectivity index (χ4v) is 3.26. The number of carbonyl (C=O) groups excluding carboxylic acids is 3. The molecule has 0 saturated heterocycles. The number of hydrogen-bond acceptors (Lipinski definition) is 7. The van der Waals surface area contributed by atoms with Crippen LogP contribution in [0.1, 0.15) is 46.6 Å². The normalized spacial score (nSPS) is 14.2. The van der Waals surface area contributed by atoms with Gasteiger partial charge in [0.15, 0.2) is 9.84 Å². The number of benzene rings is 1. The standard InChI is InChI=1S/C23H33ClN2O7S/c1-15(2)20(26-22(29)32-14-16-10-8-7-9-11-16)21(28)25-17(12-18(24)34(6,30)31)13-19(27)33-23(3,4)5/h7-12,15,17,20H,13-14H2,1-6H3,(H,25,28)(H,26,29)/b18-12+/t17-,20+/m1/s1. The van der Waals surface area contributed by atoms with E-state index in [1.54, 1.807) is 58.9 Å². The lowest BCUT2D eigenvalue weighted by molar-refractivity contribution is -0.155. The van der Waals surface area contributed by atoms with E-state index in [9.17, 15) is 22.8 Å². The Bertz CT molecular complexity index is 986. The molecular formula is C23H33ClN2O7S. The summed E-state index contributed by atoms with van der Waals surface area (Å²) in [6.07, 6.45) is 0.799. The van der Waals surface area contributed by atoms with Crippen molar-refractivity contribution in [2.45, 2.75) is 65.3 Å². The summed E-state index contributed by atoms with van der Waals surface area (Å²) in [6.45, 7) is 8.48. The second kappa shape index (κ2) is 12.8. The van der Waals surface area contributed by atoms with Gasteiger partial charge in [-0.05, 0) is 38.3 Å². The zero-order valence-corrected chi connectivity index (χ0v) is 21.8. The van der Waals surface area contributed by atoms with E-state index in [-0.39, 0.29) is 18.9 Å². The van der Waals surface area contributed by atoms with Gasteiger partial charge < -0.3 is 20.1 Å². The van der Waals surface area contributed by atoms with Crippen LogP contribution in [0.4, 0.5) is 4.79 Å². The quantitative estimate of drug-likeness (QED) is 0.457. The second-order valence-electron chi connectivity index (χ2n) is 9.08. The average Bonchev–Trinajstić information content (AvgIpc) is 2.68. The van der Waals surface area contributed by atoms with Gasteiger partial charge in [-0.15, -0.1) is 0 Å². The van der Waals surface area contributed by atoms with Gasteiger partial charge in [-0.25, -0.2) is 13.2 Å². The fourth-order valence-electron chi connectivity index (χ4n) is 2.70. The molecule has 0 aliphatic carbocycles. The van der Waals surface area contributed by atoms with E-state index in [1.807, 2.05) is 6.07 Å². The molecule has 2 N–H and O–H groups in total. The zero-order chi connectivity index (χ0) is 26.1. The number of sulfone groups is 1. The molecule has 1 aromatic carbocycles. The minimum atomic E-state index is -3.76. The predicted molar refractivity (Wildman–Crippen MR) is 130 cm³/mol. The van der Waals surface area contributed by atoms with Crippen molar-refractivity contribution in [1.29, 1.82) is 0 Å². The van der Waals surface area contributed by atoms with Crippen molar-refractivity contribution < 1.29 is 32.3 Å². The number of amides is 2. The van der Waals surface area contributed by atoms with Gasteiger partial charge in [-0.2, -0.15) is 0 Å². The third-order valence-electron chi connectivity index (χ3n) is 4.26. The Morgan fingerprint density at radius 3 is 2.18 bits per heavy atom. The first-order chi connectivity index (χ1) is 15.6. The Morgan fingerprint density at radius 2 is 1.68 bits per heavy atom. The van der Waals surface area contributed by atoms with Crippen LogP contribution in [-0.4, -0.2) is 50.3 Å². The zero-order valence-electron chi connectivity index (χ0n) is 20.3. The van der Waals surface area contributed by atoms with Crippen molar-refractivity contribution in [3.8, 4) is 0 Å². The summed E-state index contributed by atoms with van der Waals surface area (Å²) in [4.78, 5) is 37.5. The van der Waals surface area contributed by atoms with E-state index in [0.29, 0.717) is 0 Å². The number of alkyl carbamates (subject to hydrolysis) is 1. The molecule has 0 unspecified atom stereocenters. The summed E-state index contributed by atoms with van der Waals surface area (Å²) < 4.78 is 33.4. The first-order valence-electron chi connectivity index (χ1n) is 10.7. The Kier molecular flexibility index (Phi) is 11.0. The van der Waals surface area contributed by atoms with Crippen molar-refractivity contribution in [2.75, 3.05) is 6.26 Å². The lowest BCUT2D eigenvalue weighted by atomic mass is 10.0. The Labute approximate surface area is 206 Å². The van der Waals surface area contributed by atoms with Crippen molar-refractivity contribution in [1.82, 2.24) is 10.6 Å². The van der Waals surface area contributed by atoms with E-state index in [2.05, 4.69) is 10.6 Å². The number of nitrogens with one attached hydrogen (secondary N) is 2. The van der Waals surface area contributed by atoms with Crippen LogP contribution >= 0.6 is 11.6 Å². The summed E-state index contributed by atoms with van der Waals surface area (Å²) in [5.74, 6) is -1.65. The number of rotatable bonds is 10. The molecule has 0 bridgehead atoms. The molecule has 11 heteroatoms. The molecule has 0 saturated carbocycles. The molecule has 0 fully saturated rings. The van der Waals surface area contributed by atoms with E-state index < -0.39 is 49.9 Å². The van der Waals surface area contributed by atoms with Gasteiger partial charge in [-0.1, -0.05) is 55.8 Å². The molecule has 190 valence electrons. The van der Waals surface area contributed by atoms with Gasteiger partial charge >= 0.3 is 12.1 Å². The monoisotopic (exact) mass is 516 g/mol. The highest BCUT2D eigenvalue weighted by Gasteiger charge is 2.29. The molecule has 0 heterocycles. The molecule has 1 aromatic rings. The largest absolute Gasteiger partial charge is 0.460 e. The molecule has 9 nitrogen and oxygen atoms in total. The topological polar surface area (TPSA) is 128 Å². The predicted octanol–water partition coefficient (Wildman–Crippen LogP) is 3.28. The van der Waals surface area contributed by atoms with Gasteiger partial charge in [0.2, 0.25) is 5.91 Å². The summed E-state index contributed by atoms with van der Waals surface area (Å²) in [5, 5.41) is 5.07. The van der Waals surface area contributed by atoms with Crippen LogP contribution in [0.2, 0.25) is 0 Å². The first kappa shape index (κ1) is 29.4. The molecule has 0 aliphatic rings. The van der Waals surface area contributed by atoms with Crippen molar-refractivity contribution >= 4 is 39.4 Å². The number of ether oxygens (including phenoxy) is 2. The number of hydrogen-bond donors (Lipinski definition) is 2. The van der Waals surface area contributed by atoms with Gasteiger partial charge in [0.1, 0.15) is 22.6 Å². The van der Waals surface area contributed by atoms with Crippen LogP contribution in [0.15, 0.2) is 40.8 Å². The summed E-state index contributed by atoms with van der Waals surface area (Å²) in [5.41, 5.74) is 0.00160. The minimum absolute atomic E-state index is 0.0209. The van der Waals surface area contributed by atoms with Crippen molar-refractivity contribution in [2.24, 2.45) is 5.92 Å². The Morgan fingerprint density at radius 1 is 1.09 bits per heavy atom. The number of carbonyl (C=O) groups is 3. The highest BCUT2D eigenvalue weighted by Crippen LogP contribution is 2.15. The van der Waals surface area contributed by atoms with E-state index in [0.717, 1.165) is 17.9 Å². The second-order valence-corrected chi connectivity index (χ2v) is 11.7. The van der Waals surface area contributed by atoms with Crippen LogP contribution in [0.25, 0.3) is 0 Å². The smallest absolute Gasteiger partial charge is 0.408 e. The fraction of sp³-hybridized carbons (Fsp3) is 0.522. The summed E-state index contributed by atoms with van der Waals surface area (Å²) >= 11 is 5.86. The molecule has 2 atom stereocenters. The first-order valence-corrected chi connectivity index (χ1v) is 12.9. The van der Waals surface area contributed by atoms with Crippen LogP contribution < -0.4 is 10.6 Å². The molecule has 0 aliphatic heterocycles. The maximum absolute atomic E-state index is 12.9. The maximum atomic E-state index is 12.9. The number of esters is 1. The van der Waals surface area contributed by atoms with Crippen LogP contribution in [-0.2, 0) is 35.5 Å². The van der Waals surface area contributed by atoms with Gasteiger partial charge in [0.05, 0.1) is 12.5 Å². The van der Waals surface area contributed by atoms with Gasteiger partial charge in [0, 0.05) is 6.26 Å². The van der Waals surface area contributed by atoms with Crippen LogP contribution in [0.3, 0.4) is 0 Å². The third kappa shape index (κ3) is 11.5. The van der Waals surface area contributed by atoms with Crippen LogP contribution in [0.5, 0.6) is 0 Å². The van der Waals surface area contributed by atoms with Crippen molar-refractivity contribution in [3.63, 3.8) is 0 Å². The van der Waals surface area contributed by atoms with E-state index in [1.165, 1.54) is 0 Å². The van der Waals surface area contributed by atoms with Crippen molar-refractivity contribution in [3.05, 3.63) is 46.3 Å². The molecule has 1 rings (SSSR count). The Balaban J connectivity index is 2.95. The van der Waals surface area contributed by atoms with Gasteiger partial charge in [-0.3, -0.25) is 9.59 Å². The molecule has 0 spiro atoms. The van der Waals surface area contributed by atoms with Crippen LogP contribution in [0, 0.1) is 5.92 Å². The molecule has 0 radical (unpaired) electrons. The Hall–Kier alpha value is -2.59. The maximum Gasteiger partial charge on any atom is 0.408 e. The van der Waals surface area contributed by atoms with Gasteiger partial charge in [0.25, 0.3) is 0 Å².